The van der Waals surface area contributed by atoms with Gasteiger partial charge in [0.15, 0.2) is 5.82 Å². The molecule has 2 heterocycles. The van der Waals surface area contributed by atoms with Crippen LogP contribution in [0.2, 0.25) is 0 Å². The highest BCUT2D eigenvalue weighted by molar-refractivity contribution is 5.38. The molecule has 1 saturated heterocycles. The van der Waals surface area contributed by atoms with Crippen molar-refractivity contribution in [2.45, 2.75) is 26.1 Å². The average Bonchev–Trinajstić information content (AvgIpc) is 2.38. The van der Waals surface area contributed by atoms with Crippen LogP contribution in [0.15, 0.2) is 12.4 Å². The minimum atomic E-state index is 0.0650. The van der Waals surface area contributed by atoms with Crippen molar-refractivity contribution in [3.05, 3.63) is 12.4 Å². The van der Waals surface area contributed by atoms with Gasteiger partial charge in [0.25, 0.3) is 0 Å². The predicted molar refractivity (Wildman–Crippen MR) is 68.8 cm³/mol. The van der Waals surface area contributed by atoms with Gasteiger partial charge in [-0.05, 0) is 13.8 Å². The lowest BCUT2D eigenvalue weighted by Gasteiger charge is -2.33. The molecule has 1 aliphatic heterocycles. The van der Waals surface area contributed by atoms with E-state index in [4.69, 9.17) is 15.2 Å². The minimum absolute atomic E-state index is 0.0650. The molecule has 0 amide bonds. The molecule has 1 aromatic heterocycles. The lowest BCUT2D eigenvalue weighted by molar-refractivity contribution is 0.0462. The first-order valence-corrected chi connectivity index (χ1v) is 6.24. The van der Waals surface area contributed by atoms with Gasteiger partial charge >= 0.3 is 0 Å². The van der Waals surface area contributed by atoms with Gasteiger partial charge in [-0.15, -0.1) is 0 Å². The summed E-state index contributed by atoms with van der Waals surface area (Å²) < 4.78 is 11.1. The number of hydrogen-bond donors (Lipinski definition) is 1. The van der Waals surface area contributed by atoms with E-state index in [0.29, 0.717) is 19.0 Å². The highest BCUT2D eigenvalue weighted by Crippen LogP contribution is 2.17. The lowest BCUT2D eigenvalue weighted by atomic mass is 10.3. The van der Waals surface area contributed by atoms with Gasteiger partial charge in [0, 0.05) is 19.6 Å². The number of nitrogens with zero attached hydrogens (tertiary/aromatic N) is 3. The summed E-state index contributed by atoms with van der Waals surface area (Å²) in [5.74, 6) is 1.37. The Balaban J connectivity index is 2.07. The SMILES string of the molecule is CC(C)Oc1cncc(N2CCOC(CN)C2)n1. The van der Waals surface area contributed by atoms with Gasteiger partial charge < -0.3 is 20.1 Å². The maximum Gasteiger partial charge on any atom is 0.234 e. The third-order valence-electron chi connectivity index (χ3n) is 2.68. The average molecular weight is 252 g/mol. The number of aromatic nitrogens is 2. The van der Waals surface area contributed by atoms with Crippen molar-refractivity contribution >= 4 is 5.82 Å². The fraction of sp³-hybridized carbons (Fsp3) is 0.667. The summed E-state index contributed by atoms with van der Waals surface area (Å²) in [6, 6.07) is 0. The molecular formula is C12H20N4O2. The Morgan fingerprint density at radius 3 is 3.11 bits per heavy atom. The fourth-order valence-electron chi connectivity index (χ4n) is 1.86. The van der Waals surface area contributed by atoms with E-state index in [1.165, 1.54) is 0 Å². The monoisotopic (exact) mass is 252 g/mol. The van der Waals surface area contributed by atoms with E-state index in [1.807, 2.05) is 13.8 Å². The van der Waals surface area contributed by atoms with Crippen LogP contribution in [0.4, 0.5) is 5.82 Å². The summed E-state index contributed by atoms with van der Waals surface area (Å²) in [4.78, 5) is 10.7. The normalized spacial score (nSPS) is 20.2. The largest absolute Gasteiger partial charge is 0.474 e. The molecule has 1 unspecified atom stereocenters. The topological polar surface area (TPSA) is 73.5 Å². The number of morpholine rings is 1. The van der Waals surface area contributed by atoms with Crippen molar-refractivity contribution in [2.24, 2.45) is 5.73 Å². The third-order valence-corrected chi connectivity index (χ3v) is 2.68. The van der Waals surface area contributed by atoms with E-state index in [1.54, 1.807) is 12.4 Å². The molecule has 0 spiro atoms. The standard InChI is InChI=1S/C12H20N4O2/c1-9(2)18-12-7-14-6-11(15-12)16-3-4-17-10(5-13)8-16/h6-7,9-10H,3-5,8,13H2,1-2H3. The smallest absolute Gasteiger partial charge is 0.234 e. The summed E-state index contributed by atoms with van der Waals surface area (Å²) >= 11 is 0. The molecule has 18 heavy (non-hydrogen) atoms. The zero-order chi connectivity index (χ0) is 13.0. The maximum atomic E-state index is 5.63. The van der Waals surface area contributed by atoms with Gasteiger partial charge in [0.1, 0.15) is 0 Å². The molecule has 2 rings (SSSR count). The Kier molecular flexibility index (Phi) is 4.33. The Hall–Kier alpha value is -1.40. The molecule has 6 nitrogen and oxygen atoms in total. The zero-order valence-corrected chi connectivity index (χ0v) is 10.9. The zero-order valence-electron chi connectivity index (χ0n) is 10.9. The highest BCUT2D eigenvalue weighted by Gasteiger charge is 2.20. The first-order chi connectivity index (χ1) is 8.69. The summed E-state index contributed by atoms with van der Waals surface area (Å²) in [7, 11) is 0. The number of anilines is 1. The molecule has 0 radical (unpaired) electrons. The predicted octanol–water partition coefficient (Wildman–Crippen LogP) is 0.428. The summed E-state index contributed by atoms with van der Waals surface area (Å²) in [6.07, 6.45) is 3.53. The number of rotatable bonds is 4. The molecular weight excluding hydrogens is 232 g/mol. The van der Waals surface area contributed by atoms with Crippen LogP contribution in [0.3, 0.4) is 0 Å². The number of ether oxygens (including phenoxy) is 2. The van der Waals surface area contributed by atoms with E-state index >= 15 is 0 Å². The molecule has 1 aromatic rings. The second-order valence-corrected chi connectivity index (χ2v) is 4.56. The van der Waals surface area contributed by atoms with Crippen LogP contribution in [0.1, 0.15) is 13.8 Å². The van der Waals surface area contributed by atoms with E-state index in [-0.39, 0.29) is 12.2 Å². The number of nitrogens with two attached hydrogens (primary N) is 1. The van der Waals surface area contributed by atoms with Crippen molar-refractivity contribution in [1.29, 1.82) is 0 Å². The van der Waals surface area contributed by atoms with Gasteiger partial charge in [-0.3, -0.25) is 4.98 Å². The van der Waals surface area contributed by atoms with E-state index in [0.717, 1.165) is 18.9 Å². The molecule has 2 N–H and O–H groups in total. The lowest BCUT2D eigenvalue weighted by Crippen LogP contribution is -2.46. The van der Waals surface area contributed by atoms with Crippen molar-refractivity contribution in [2.75, 3.05) is 31.1 Å². The second-order valence-electron chi connectivity index (χ2n) is 4.56. The van der Waals surface area contributed by atoms with Crippen molar-refractivity contribution in [3.63, 3.8) is 0 Å². The van der Waals surface area contributed by atoms with Gasteiger partial charge in [-0.25, -0.2) is 0 Å². The molecule has 0 aromatic carbocycles. The summed E-state index contributed by atoms with van der Waals surface area (Å²) in [6.45, 7) is 6.67. The molecule has 0 saturated carbocycles. The Morgan fingerprint density at radius 2 is 2.39 bits per heavy atom. The number of hydrogen-bond acceptors (Lipinski definition) is 6. The molecule has 0 bridgehead atoms. The van der Waals surface area contributed by atoms with Crippen LogP contribution in [0, 0.1) is 0 Å². The van der Waals surface area contributed by atoms with Crippen LogP contribution in [0.5, 0.6) is 5.88 Å². The Bertz CT molecular complexity index is 386. The third kappa shape index (κ3) is 3.30. The molecule has 0 aliphatic carbocycles. The van der Waals surface area contributed by atoms with Crippen LogP contribution in [-0.2, 0) is 4.74 Å². The van der Waals surface area contributed by atoms with Crippen LogP contribution in [-0.4, -0.2) is 48.4 Å². The quantitative estimate of drug-likeness (QED) is 0.837. The van der Waals surface area contributed by atoms with E-state index < -0.39 is 0 Å². The first kappa shape index (κ1) is 13.0. The molecule has 1 atom stereocenters. The van der Waals surface area contributed by atoms with E-state index in [2.05, 4.69) is 14.9 Å². The first-order valence-electron chi connectivity index (χ1n) is 6.24. The summed E-state index contributed by atoms with van der Waals surface area (Å²) in [5.41, 5.74) is 5.63. The molecule has 100 valence electrons. The molecule has 1 aliphatic rings. The van der Waals surface area contributed by atoms with Crippen molar-refractivity contribution in [1.82, 2.24) is 9.97 Å². The van der Waals surface area contributed by atoms with Crippen molar-refractivity contribution < 1.29 is 9.47 Å². The van der Waals surface area contributed by atoms with E-state index in [9.17, 15) is 0 Å². The second kappa shape index (κ2) is 5.97. The highest BCUT2D eigenvalue weighted by atomic mass is 16.5. The van der Waals surface area contributed by atoms with Crippen LogP contribution in [0.25, 0.3) is 0 Å². The van der Waals surface area contributed by atoms with Gasteiger partial charge in [-0.2, -0.15) is 4.98 Å². The Labute approximate surface area is 107 Å². The van der Waals surface area contributed by atoms with Crippen molar-refractivity contribution in [3.8, 4) is 5.88 Å². The van der Waals surface area contributed by atoms with Crippen LogP contribution >= 0.6 is 0 Å². The van der Waals surface area contributed by atoms with Gasteiger partial charge in [-0.1, -0.05) is 0 Å². The summed E-state index contributed by atoms with van der Waals surface area (Å²) in [5, 5.41) is 0. The van der Waals surface area contributed by atoms with Gasteiger partial charge in [0.2, 0.25) is 5.88 Å². The molecule has 6 heteroatoms. The molecule has 1 fully saturated rings. The Morgan fingerprint density at radius 1 is 1.56 bits per heavy atom. The maximum absolute atomic E-state index is 5.63. The fourth-order valence-corrected chi connectivity index (χ4v) is 1.86. The van der Waals surface area contributed by atoms with Gasteiger partial charge in [0.05, 0.1) is 31.2 Å². The van der Waals surface area contributed by atoms with Crippen LogP contribution < -0.4 is 15.4 Å². The minimum Gasteiger partial charge on any atom is -0.474 e.